The lowest BCUT2D eigenvalue weighted by Gasteiger charge is -2.35. The fraction of sp³-hybridized carbons (Fsp3) is 0.462. The average molecular weight is 319 g/mol. The van der Waals surface area contributed by atoms with Crippen LogP contribution >= 0.6 is 23.2 Å². The van der Waals surface area contributed by atoms with E-state index < -0.39 is 6.29 Å². The van der Waals surface area contributed by atoms with Crippen LogP contribution in [0.15, 0.2) is 12.1 Å². The molecule has 110 valence electrons. The second-order valence-corrected chi connectivity index (χ2v) is 5.31. The number of nitrogens with one attached hydrogen (secondary N) is 1. The van der Waals surface area contributed by atoms with Crippen molar-refractivity contribution in [3.05, 3.63) is 22.2 Å². The van der Waals surface area contributed by atoms with Crippen molar-refractivity contribution in [3.63, 3.8) is 0 Å². The fourth-order valence-electron chi connectivity index (χ4n) is 2.11. The van der Waals surface area contributed by atoms with E-state index in [0.717, 1.165) is 5.69 Å². The summed E-state index contributed by atoms with van der Waals surface area (Å²) in [5.41, 5.74) is 1.43. The molecule has 7 heteroatoms. The topological polar surface area (TPSA) is 50.8 Å². The zero-order valence-electron chi connectivity index (χ0n) is 11.4. The van der Waals surface area contributed by atoms with Crippen LogP contribution in [-0.2, 0) is 14.3 Å². The molecule has 2 rings (SSSR count). The van der Waals surface area contributed by atoms with Crippen LogP contribution < -0.4 is 10.2 Å². The van der Waals surface area contributed by atoms with Crippen molar-refractivity contribution >= 4 is 40.5 Å². The van der Waals surface area contributed by atoms with Gasteiger partial charge in [-0.2, -0.15) is 0 Å². The number of methoxy groups -OCH3 is 2. The van der Waals surface area contributed by atoms with Gasteiger partial charge < -0.3 is 19.7 Å². The molecule has 0 bridgehead atoms. The Morgan fingerprint density at radius 1 is 1.30 bits per heavy atom. The number of hydrogen-bond donors (Lipinski definition) is 1. The van der Waals surface area contributed by atoms with Crippen LogP contribution in [0.25, 0.3) is 0 Å². The molecule has 1 aliphatic rings. The third-order valence-electron chi connectivity index (χ3n) is 3.20. The number of hydrogen-bond acceptors (Lipinski definition) is 4. The summed E-state index contributed by atoms with van der Waals surface area (Å²) in [6.07, 6.45) is -0.508. The second kappa shape index (κ2) is 6.18. The lowest BCUT2D eigenvalue weighted by atomic mass is 10.1. The largest absolute Gasteiger partial charge is 0.372 e. The SMILES string of the molecule is COC(CN1C(=O)C(C)Nc2cc(Cl)c(Cl)cc21)OC. The molecule has 1 aliphatic heterocycles. The predicted molar refractivity (Wildman–Crippen MR) is 79.7 cm³/mol. The summed E-state index contributed by atoms with van der Waals surface area (Å²) >= 11 is 12.1. The molecule has 0 saturated heterocycles. The molecule has 1 atom stereocenters. The molecule has 1 unspecified atom stereocenters. The normalized spacial score (nSPS) is 18.2. The molecular formula is C13H16Cl2N2O3. The van der Waals surface area contributed by atoms with Gasteiger partial charge in [0.05, 0.1) is 28.0 Å². The maximum atomic E-state index is 12.3. The first-order valence-electron chi connectivity index (χ1n) is 6.10. The van der Waals surface area contributed by atoms with E-state index in [1.54, 1.807) is 24.0 Å². The summed E-state index contributed by atoms with van der Waals surface area (Å²) in [5, 5.41) is 3.93. The molecule has 1 amide bonds. The molecule has 1 N–H and O–H groups in total. The number of fused-ring (bicyclic) bond motifs is 1. The van der Waals surface area contributed by atoms with Crippen LogP contribution in [0, 0.1) is 0 Å². The van der Waals surface area contributed by atoms with Crippen molar-refractivity contribution in [2.45, 2.75) is 19.3 Å². The highest BCUT2D eigenvalue weighted by Gasteiger charge is 2.32. The number of amides is 1. The Labute approximate surface area is 127 Å². The number of carbonyl (C=O) groups is 1. The smallest absolute Gasteiger partial charge is 0.249 e. The average Bonchev–Trinajstić information content (AvgIpc) is 2.42. The Morgan fingerprint density at radius 2 is 1.90 bits per heavy atom. The second-order valence-electron chi connectivity index (χ2n) is 4.50. The minimum atomic E-state index is -0.508. The lowest BCUT2D eigenvalue weighted by Crippen LogP contribution is -2.49. The summed E-state index contributed by atoms with van der Waals surface area (Å²) in [7, 11) is 3.06. The molecule has 20 heavy (non-hydrogen) atoms. The highest BCUT2D eigenvalue weighted by molar-refractivity contribution is 6.42. The third-order valence-corrected chi connectivity index (χ3v) is 3.92. The van der Waals surface area contributed by atoms with Gasteiger partial charge in [-0.15, -0.1) is 0 Å². The van der Waals surface area contributed by atoms with Gasteiger partial charge in [0.25, 0.3) is 0 Å². The number of anilines is 2. The van der Waals surface area contributed by atoms with Crippen LogP contribution in [0.4, 0.5) is 11.4 Å². The van der Waals surface area contributed by atoms with Crippen LogP contribution in [0.3, 0.4) is 0 Å². The molecule has 0 spiro atoms. The summed E-state index contributed by atoms with van der Waals surface area (Å²) in [6, 6.07) is 3.02. The zero-order chi connectivity index (χ0) is 14.9. The Balaban J connectivity index is 2.40. The lowest BCUT2D eigenvalue weighted by molar-refractivity contribution is -0.123. The molecule has 1 heterocycles. The van der Waals surface area contributed by atoms with Gasteiger partial charge in [-0.1, -0.05) is 23.2 Å². The minimum Gasteiger partial charge on any atom is -0.372 e. The molecule has 0 radical (unpaired) electrons. The van der Waals surface area contributed by atoms with Crippen molar-refractivity contribution in [2.24, 2.45) is 0 Å². The Morgan fingerprint density at radius 3 is 2.50 bits per heavy atom. The van der Waals surface area contributed by atoms with Crippen LogP contribution in [0.2, 0.25) is 10.0 Å². The Bertz CT molecular complexity index is 521. The standard InChI is InChI=1S/C13H16Cl2N2O3/c1-7-13(18)17(6-12(19-2)20-3)11-5-9(15)8(14)4-10(11)16-7/h4-5,7,12,16H,6H2,1-3H3. The summed E-state index contributed by atoms with van der Waals surface area (Å²) in [6.45, 7) is 2.07. The Hall–Kier alpha value is -1.01. The molecule has 0 saturated carbocycles. The summed E-state index contributed by atoms with van der Waals surface area (Å²) in [4.78, 5) is 13.9. The molecule has 0 fully saturated rings. The maximum Gasteiger partial charge on any atom is 0.249 e. The molecule has 5 nitrogen and oxygen atoms in total. The van der Waals surface area contributed by atoms with Gasteiger partial charge >= 0.3 is 0 Å². The number of ether oxygens (including phenoxy) is 2. The molecule has 0 aliphatic carbocycles. The van der Waals surface area contributed by atoms with E-state index in [2.05, 4.69) is 5.32 Å². The monoisotopic (exact) mass is 318 g/mol. The van der Waals surface area contributed by atoms with Gasteiger partial charge in [0, 0.05) is 14.2 Å². The first-order chi connectivity index (χ1) is 9.47. The van der Waals surface area contributed by atoms with Gasteiger partial charge in [0.2, 0.25) is 5.91 Å². The van der Waals surface area contributed by atoms with Crippen molar-refractivity contribution in [3.8, 4) is 0 Å². The van der Waals surface area contributed by atoms with Crippen molar-refractivity contribution in [1.29, 1.82) is 0 Å². The van der Waals surface area contributed by atoms with Gasteiger partial charge in [-0.3, -0.25) is 4.79 Å². The van der Waals surface area contributed by atoms with E-state index >= 15 is 0 Å². The molecule has 1 aromatic rings. The first-order valence-corrected chi connectivity index (χ1v) is 6.86. The molecule has 0 aromatic heterocycles. The Kier molecular flexibility index (Phi) is 4.75. The van der Waals surface area contributed by atoms with Crippen LogP contribution in [-0.4, -0.2) is 39.0 Å². The van der Waals surface area contributed by atoms with E-state index in [1.807, 2.05) is 0 Å². The maximum absolute atomic E-state index is 12.3. The van der Waals surface area contributed by atoms with E-state index in [1.165, 1.54) is 14.2 Å². The number of halogens is 2. The van der Waals surface area contributed by atoms with Crippen LogP contribution in [0.1, 0.15) is 6.92 Å². The summed E-state index contributed by atoms with van der Waals surface area (Å²) < 4.78 is 10.3. The van der Waals surface area contributed by atoms with Crippen molar-refractivity contribution in [1.82, 2.24) is 0 Å². The first kappa shape index (κ1) is 15.4. The van der Waals surface area contributed by atoms with Gasteiger partial charge in [-0.25, -0.2) is 0 Å². The van der Waals surface area contributed by atoms with Crippen molar-refractivity contribution < 1.29 is 14.3 Å². The summed E-state index contributed by atoms with van der Waals surface area (Å²) in [5.74, 6) is -0.0741. The highest BCUT2D eigenvalue weighted by Crippen LogP contribution is 2.38. The van der Waals surface area contributed by atoms with Gasteiger partial charge in [-0.05, 0) is 19.1 Å². The van der Waals surface area contributed by atoms with E-state index in [9.17, 15) is 4.79 Å². The highest BCUT2D eigenvalue weighted by atomic mass is 35.5. The van der Waals surface area contributed by atoms with Gasteiger partial charge in [0.1, 0.15) is 6.04 Å². The van der Waals surface area contributed by atoms with Crippen LogP contribution in [0.5, 0.6) is 0 Å². The number of nitrogens with zero attached hydrogens (tertiary/aromatic N) is 1. The number of carbonyl (C=O) groups excluding carboxylic acids is 1. The number of benzene rings is 1. The number of rotatable bonds is 4. The van der Waals surface area contributed by atoms with Crippen molar-refractivity contribution in [2.75, 3.05) is 31.0 Å². The molecular weight excluding hydrogens is 303 g/mol. The van der Waals surface area contributed by atoms with E-state index in [-0.39, 0.29) is 18.5 Å². The zero-order valence-corrected chi connectivity index (χ0v) is 13.0. The fourth-order valence-corrected chi connectivity index (χ4v) is 2.43. The van der Waals surface area contributed by atoms with E-state index in [0.29, 0.717) is 15.7 Å². The quantitative estimate of drug-likeness (QED) is 0.867. The molecule has 1 aromatic carbocycles. The third kappa shape index (κ3) is 2.86. The predicted octanol–water partition coefficient (Wildman–Crippen LogP) is 2.76. The minimum absolute atomic E-state index is 0.0741. The van der Waals surface area contributed by atoms with Gasteiger partial charge in [0.15, 0.2) is 6.29 Å². The van der Waals surface area contributed by atoms with E-state index in [4.69, 9.17) is 32.7 Å².